The van der Waals surface area contributed by atoms with Crippen molar-refractivity contribution in [1.82, 2.24) is 5.32 Å². The van der Waals surface area contributed by atoms with Crippen molar-refractivity contribution in [3.63, 3.8) is 0 Å². The summed E-state index contributed by atoms with van der Waals surface area (Å²) in [4.78, 5) is 12.9. The van der Waals surface area contributed by atoms with Crippen molar-refractivity contribution >= 4 is 21.6 Å². The van der Waals surface area contributed by atoms with E-state index in [9.17, 15) is 13.2 Å². The maximum atomic E-state index is 12.9. The Morgan fingerprint density at radius 3 is 2.52 bits per heavy atom. The molecule has 0 saturated carbocycles. The second-order valence-electron chi connectivity index (χ2n) is 8.34. The van der Waals surface area contributed by atoms with Gasteiger partial charge < -0.3 is 10.1 Å². The molecule has 1 aliphatic heterocycles. The molecule has 6 nitrogen and oxygen atoms in total. The highest BCUT2D eigenvalue weighted by atomic mass is 32.2. The van der Waals surface area contributed by atoms with Crippen LogP contribution in [0.25, 0.3) is 0 Å². The summed E-state index contributed by atoms with van der Waals surface area (Å²) in [5.41, 5.74) is 2.95. The Morgan fingerprint density at radius 2 is 1.86 bits per heavy atom. The lowest BCUT2D eigenvalue weighted by molar-refractivity contribution is -0.120. The normalized spacial score (nSPS) is 17.8. The SMILES string of the molecule is Cc1cccc(N(CC(=O)N[C@@H]2CC(C)(C)Oc3cc(C)ccc32)S(C)(=O)=O)c1. The summed E-state index contributed by atoms with van der Waals surface area (Å²) in [5.74, 6) is 0.399. The molecule has 2 aromatic carbocycles. The number of hydrogen-bond donors (Lipinski definition) is 1. The van der Waals surface area contributed by atoms with E-state index < -0.39 is 15.6 Å². The molecule has 0 radical (unpaired) electrons. The smallest absolute Gasteiger partial charge is 0.241 e. The first-order valence-electron chi connectivity index (χ1n) is 9.58. The van der Waals surface area contributed by atoms with Gasteiger partial charge in [0, 0.05) is 12.0 Å². The molecular weight excluding hydrogens is 388 g/mol. The Labute approximate surface area is 172 Å². The van der Waals surface area contributed by atoms with E-state index in [0.29, 0.717) is 12.1 Å². The topological polar surface area (TPSA) is 75.7 Å². The molecule has 1 N–H and O–H groups in total. The zero-order valence-corrected chi connectivity index (χ0v) is 18.3. The number of carbonyl (C=O) groups excluding carboxylic acids is 1. The first-order chi connectivity index (χ1) is 13.4. The molecule has 0 unspecified atom stereocenters. The van der Waals surface area contributed by atoms with Crippen molar-refractivity contribution < 1.29 is 17.9 Å². The van der Waals surface area contributed by atoms with Crippen molar-refractivity contribution in [3.05, 3.63) is 59.2 Å². The van der Waals surface area contributed by atoms with Crippen molar-refractivity contribution in [1.29, 1.82) is 0 Å². The molecule has 1 heterocycles. The number of carbonyl (C=O) groups is 1. The second kappa shape index (κ2) is 7.71. The van der Waals surface area contributed by atoms with Gasteiger partial charge in [-0.1, -0.05) is 24.3 Å². The quantitative estimate of drug-likeness (QED) is 0.810. The lowest BCUT2D eigenvalue weighted by atomic mass is 9.89. The van der Waals surface area contributed by atoms with Gasteiger partial charge in [0.05, 0.1) is 18.0 Å². The van der Waals surface area contributed by atoms with E-state index in [1.54, 1.807) is 18.2 Å². The van der Waals surface area contributed by atoms with E-state index in [0.717, 1.165) is 33.0 Å². The number of fused-ring (bicyclic) bond motifs is 1. The summed E-state index contributed by atoms with van der Waals surface area (Å²) in [6.07, 6.45) is 1.70. The van der Waals surface area contributed by atoms with Crippen LogP contribution in [0.2, 0.25) is 0 Å². The lowest BCUT2D eigenvalue weighted by Gasteiger charge is -2.38. The second-order valence-corrected chi connectivity index (χ2v) is 10.2. The van der Waals surface area contributed by atoms with Gasteiger partial charge in [0.1, 0.15) is 17.9 Å². The molecule has 0 fully saturated rings. The predicted octanol–water partition coefficient (Wildman–Crippen LogP) is 3.49. The largest absolute Gasteiger partial charge is 0.487 e. The van der Waals surface area contributed by atoms with Gasteiger partial charge >= 0.3 is 0 Å². The Kier molecular flexibility index (Phi) is 5.63. The van der Waals surface area contributed by atoms with Gasteiger partial charge in [-0.15, -0.1) is 0 Å². The number of benzene rings is 2. The summed E-state index contributed by atoms with van der Waals surface area (Å²) in [6, 6.07) is 12.8. The van der Waals surface area contributed by atoms with Crippen molar-refractivity contribution in [2.75, 3.05) is 17.1 Å². The number of nitrogens with zero attached hydrogens (tertiary/aromatic N) is 1. The van der Waals surface area contributed by atoms with Gasteiger partial charge in [-0.3, -0.25) is 9.10 Å². The van der Waals surface area contributed by atoms with Crippen LogP contribution < -0.4 is 14.4 Å². The van der Waals surface area contributed by atoms with Gasteiger partial charge in [0.15, 0.2) is 0 Å². The lowest BCUT2D eigenvalue weighted by Crippen LogP contribution is -2.45. The van der Waals surface area contributed by atoms with Crippen molar-refractivity contribution in [3.8, 4) is 5.75 Å². The van der Waals surface area contributed by atoms with E-state index in [2.05, 4.69) is 5.32 Å². The van der Waals surface area contributed by atoms with E-state index in [-0.39, 0.29) is 18.5 Å². The van der Waals surface area contributed by atoms with E-state index in [4.69, 9.17) is 4.74 Å². The standard InChI is InChI=1S/C22H28N2O4S/c1-15-7-6-8-17(11-15)24(29(5,26)27)14-21(25)23-19-13-22(3,4)28-20-12-16(2)9-10-18(19)20/h6-12,19H,13-14H2,1-5H3,(H,23,25)/t19-/m1/s1. The molecule has 1 atom stereocenters. The first kappa shape index (κ1) is 21.2. The molecule has 3 rings (SSSR count). The van der Waals surface area contributed by atoms with Crippen LogP contribution in [0, 0.1) is 13.8 Å². The highest BCUT2D eigenvalue weighted by Gasteiger charge is 2.35. The van der Waals surface area contributed by atoms with Gasteiger partial charge in [-0.05, 0) is 57.0 Å². The van der Waals surface area contributed by atoms with Crippen LogP contribution in [-0.2, 0) is 14.8 Å². The minimum absolute atomic E-state index is 0.249. The van der Waals surface area contributed by atoms with Gasteiger partial charge in [-0.2, -0.15) is 0 Å². The van der Waals surface area contributed by atoms with E-state index in [1.165, 1.54) is 0 Å². The van der Waals surface area contributed by atoms with E-state index >= 15 is 0 Å². The Bertz CT molecular complexity index is 1030. The number of aryl methyl sites for hydroxylation is 2. The Hall–Kier alpha value is -2.54. The number of anilines is 1. The zero-order valence-electron chi connectivity index (χ0n) is 17.5. The fraction of sp³-hybridized carbons (Fsp3) is 0.409. The summed E-state index contributed by atoms with van der Waals surface area (Å²) in [6.45, 7) is 7.55. The maximum Gasteiger partial charge on any atom is 0.241 e. The van der Waals surface area contributed by atoms with E-state index in [1.807, 2.05) is 52.0 Å². The van der Waals surface area contributed by atoms with Crippen LogP contribution in [0.15, 0.2) is 42.5 Å². The van der Waals surface area contributed by atoms with Gasteiger partial charge in [0.25, 0.3) is 0 Å². The number of ether oxygens (including phenoxy) is 1. The van der Waals surface area contributed by atoms with Gasteiger partial charge in [0.2, 0.25) is 15.9 Å². The molecule has 0 saturated heterocycles. The summed E-state index contributed by atoms with van der Waals surface area (Å²) < 4.78 is 31.9. The molecular formula is C22H28N2O4S. The third kappa shape index (κ3) is 5.09. The summed E-state index contributed by atoms with van der Waals surface area (Å²) in [7, 11) is -3.61. The van der Waals surface area contributed by atoms with Crippen LogP contribution in [0.4, 0.5) is 5.69 Å². The molecule has 2 aromatic rings. The molecule has 0 bridgehead atoms. The molecule has 0 aliphatic carbocycles. The molecule has 0 spiro atoms. The highest BCUT2D eigenvalue weighted by Crippen LogP contribution is 2.39. The third-order valence-electron chi connectivity index (χ3n) is 4.94. The van der Waals surface area contributed by atoms with Crippen LogP contribution in [0.5, 0.6) is 5.75 Å². The zero-order chi connectivity index (χ0) is 21.4. The molecule has 156 valence electrons. The maximum absolute atomic E-state index is 12.9. The molecule has 1 aliphatic rings. The minimum atomic E-state index is -3.61. The molecule has 1 amide bonds. The third-order valence-corrected chi connectivity index (χ3v) is 6.08. The van der Waals surface area contributed by atoms with Crippen LogP contribution in [0.1, 0.15) is 43.0 Å². The molecule has 0 aromatic heterocycles. The average molecular weight is 417 g/mol. The van der Waals surface area contributed by atoms with Crippen molar-refractivity contribution in [2.24, 2.45) is 0 Å². The molecule has 7 heteroatoms. The minimum Gasteiger partial charge on any atom is -0.487 e. The summed E-state index contributed by atoms with van der Waals surface area (Å²) >= 11 is 0. The Morgan fingerprint density at radius 1 is 1.17 bits per heavy atom. The van der Waals surface area contributed by atoms with Crippen molar-refractivity contribution in [2.45, 2.75) is 45.8 Å². The number of hydrogen-bond acceptors (Lipinski definition) is 4. The number of nitrogens with one attached hydrogen (secondary N) is 1. The summed E-state index contributed by atoms with van der Waals surface area (Å²) in [5, 5.41) is 3.01. The van der Waals surface area contributed by atoms with Gasteiger partial charge in [-0.25, -0.2) is 8.42 Å². The van der Waals surface area contributed by atoms with Crippen LogP contribution in [-0.4, -0.2) is 32.7 Å². The average Bonchev–Trinajstić information content (AvgIpc) is 2.57. The first-order valence-corrected chi connectivity index (χ1v) is 11.4. The fourth-order valence-electron chi connectivity index (χ4n) is 3.64. The van der Waals surface area contributed by atoms with Crippen LogP contribution >= 0.6 is 0 Å². The molecule has 29 heavy (non-hydrogen) atoms. The highest BCUT2D eigenvalue weighted by molar-refractivity contribution is 7.92. The number of amides is 1. The predicted molar refractivity (Wildman–Crippen MR) is 115 cm³/mol. The fourth-order valence-corrected chi connectivity index (χ4v) is 4.49. The number of rotatable bonds is 5. The van der Waals surface area contributed by atoms with Crippen LogP contribution in [0.3, 0.4) is 0 Å². The number of sulfonamides is 1. The Balaban J connectivity index is 1.84. The monoisotopic (exact) mass is 416 g/mol.